The molecular formula is C25H45NO2. The first-order valence-electron chi connectivity index (χ1n) is 10.6. The molecule has 0 saturated carbocycles. The molecule has 0 radical (unpaired) electrons. The molecule has 1 heterocycles. The maximum absolute atomic E-state index is 11.6. The number of hydrogen-bond acceptors (Lipinski definition) is 3. The van der Waals surface area contributed by atoms with E-state index in [9.17, 15) is 10.2 Å². The number of nitrogens with zero attached hydrogens (tertiary/aromatic N) is 1. The molecule has 0 amide bonds. The van der Waals surface area contributed by atoms with Crippen molar-refractivity contribution in [3.8, 4) is 0 Å². The fraction of sp³-hybridized carbons (Fsp3) is 0.800. The number of rotatable bonds is 4. The van der Waals surface area contributed by atoms with Gasteiger partial charge < -0.3 is 10.2 Å². The highest BCUT2D eigenvalue weighted by molar-refractivity contribution is 5.19. The molecular weight excluding hydrogens is 346 g/mol. The normalized spacial score (nSPS) is 15.1. The van der Waals surface area contributed by atoms with Crippen molar-refractivity contribution >= 4 is 0 Å². The van der Waals surface area contributed by atoms with Crippen molar-refractivity contribution < 1.29 is 10.2 Å². The molecule has 0 atom stereocenters. The summed E-state index contributed by atoms with van der Waals surface area (Å²) in [5, 5.41) is 23.3. The molecule has 0 aliphatic rings. The summed E-state index contributed by atoms with van der Waals surface area (Å²) in [7, 11) is 0. The minimum atomic E-state index is -0.907. The van der Waals surface area contributed by atoms with Gasteiger partial charge in [-0.25, -0.2) is 0 Å². The van der Waals surface area contributed by atoms with Gasteiger partial charge in [-0.2, -0.15) is 0 Å². The van der Waals surface area contributed by atoms with E-state index in [0.717, 1.165) is 11.4 Å². The predicted octanol–water partition coefficient (Wildman–Crippen LogP) is 5.81. The van der Waals surface area contributed by atoms with Crippen LogP contribution in [-0.2, 0) is 12.8 Å². The summed E-state index contributed by atoms with van der Waals surface area (Å²) < 4.78 is 0. The van der Waals surface area contributed by atoms with E-state index in [-0.39, 0.29) is 21.7 Å². The fourth-order valence-electron chi connectivity index (χ4n) is 4.56. The van der Waals surface area contributed by atoms with Crippen LogP contribution in [0.2, 0.25) is 0 Å². The number of pyridine rings is 1. The molecule has 1 aromatic rings. The summed E-state index contributed by atoms with van der Waals surface area (Å²) in [6.07, 6.45) is 0.967. The van der Waals surface area contributed by atoms with Crippen LogP contribution in [0.3, 0.4) is 0 Å². The molecule has 0 bridgehead atoms. The largest absolute Gasteiger partial charge is 0.388 e. The summed E-state index contributed by atoms with van der Waals surface area (Å²) in [5.41, 5.74) is -1.24. The molecule has 3 heteroatoms. The van der Waals surface area contributed by atoms with Gasteiger partial charge in [0.25, 0.3) is 0 Å². The highest BCUT2D eigenvalue weighted by Gasteiger charge is 2.50. The topological polar surface area (TPSA) is 53.4 Å². The Kier molecular flexibility index (Phi) is 6.63. The molecule has 1 aromatic heterocycles. The van der Waals surface area contributed by atoms with Crippen LogP contribution in [0.25, 0.3) is 0 Å². The van der Waals surface area contributed by atoms with E-state index in [1.165, 1.54) is 0 Å². The van der Waals surface area contributed by atoms with Gasteiger partial charge in [0.05, 0.1) is 11.2 Å². The molecule has 0 unspecified atom stereocenters. The standard InChI is InChI=1S/C25H45NO2/c1-20(2,3)24(27,21(4,5)6)16-18-14-13-15-19(26-18)17-25(28,22(7,8)9)23(10,11)12/h13-15,27-28H,16-17H2,1-12H3. The van der Waals surface area contributed by atoms with Crippen LogP contribution in [0.5, 0.6) is 0 Å². The van der Waals surface area contributed by atoms with Crippen molar-refractivity contribution in [1.29, 1.82) is 0 Å². The maximum atomic E-state index is 11.6. The zero-order chi connectivity index (χ0) is 22.4. The van der Waals surface area contributed by atoms with E-state index in [0.29, 0.717) is 12.8 Å². The van der Waals surface area contributed by atoms with Gasteiger partial charge in [-0.3, -0.25) is 4.98 Å². The lowest BCUT2D eigenvalue weighted by Crippen LogP contribution is -2.55. The van der Waals surface area contributed by atoms with Crippen molar-refractivity contribution in [2.75, 3.05) is 0 Å². The zero-order valence-corrected chi connectivity index (χ0v) is 20.5. The average Bonchev–Trinajstić information content (AvgIpc) is 2.42. The molecule has 0 aliphatic heterocycles. The summed E-state index contributed by atoms with van der Waals surface area (Å²) in [6, 6.07) is 5.97. The second-order valence-corrected chi connectivity index (χ2v) is 12.7. The van der Waals surface area contributed by atoms with Crippen LogP contribution in [0.1, 0.15) is 94.5 Å². The van der Waals surface area contributed by atoms with Crippen molar-refractivity contribution in [3.05, 3.63) is 29.6 Å². The van der Waals surface area contributed by atoms with Crippen LogP contribution in [0.15, 0.2) is 18.2 Å². The smallest absolute Gasteiger partial charge is 0.0798 e. The SMILES string of the molecule is CC(C)(C)C(O)(Cc1cccc(CC(O)(C(C)(C)C)C(C)(C)C)n1)C(C)(C)C. The molecule has 3 nitrogen and oxygen atoms in total. The maximum Gasteiger partial charge on any atom is 0.0798 e. The van der Waals surface area contributed by atoms with Gasteiger partial charge in [0, 0.05) is 24.2 Å². The molecule has 0 aliphatic carbocycles. The quantitative estimate of drug-likeness (QED) is 0.680. The molecule has 162 valence electrons. The van der Waals surface area contributed by atoms with E-state index in [1.807, 2.05) is 18.2 Å². The van der Waals surface area contributed by atoms with E-state index >= 15 is 0 Å². The zero-order valence-electron chi connectivity index (χ0n) is 20.5. The van der Waals surface area contributed by atoms with Gasteiger partial charge in [0.2, 0.25) is 0 Å². The molecule has 0 aromatic carbocycles. The first-order chi connectivity index (χ1) is 12.2. The van der Waals surface area contributed by atoms with E-state index in [4.69, 9.17) is 4.98 Å². The first kappa shape index (κ1) is 25.1. The van der Waals surface area contributed by atoms with E-state index in [2.05, 4.69) is 83.1 Å². The average molecular weight is 392 g/mol. The second-order valence-electron chi connectivity index (χ2n) is 12.7. The highest BCUT2D eigenvalue weighted by atomic mass is 16.3. The van der Waals surface area contributed by atoms with Gasteiger partial charge >= 0.3 is 0 Å². The highest BCUT2D eigenvalue weighted by Crippen LogP contribution is 2.47. The number of aromatic nitrogens is 1. The minimum absolute atomic E-state index is 0.291. The molecule has 2 N–H and O–H groups in total. The Balaban J connectivity index is 3.33. The number of hydrogen-bond donors (Lipinski definition) is 2. The van der Waals surface area contributed by atoms with Crippen LogP contribution in [0.4, 0.5) is 0 Å². The molecule has 0 fully saturated rings. The van der Waals surface area contributed by atoms with Gasteiger partial charge in [0.15, 0.2) is 0 Å². The Hall–Kier alpha value is -0.930. The Bertz CT molecular complexity index is 580. The lowest BCUT2D eigenvalue weighted by atomic mass is 9.60. The van der Waals surface area contributed by atoms with Crippen LogP contribution >= 0.6 is 0 Å². The third-order valence-corrected chi connectivity index (χ3v) is 6.70. The Morgan fingerprint density at radius 3 is 1.04 bits per heavy atom. The second kappa shape index (κ2) is 7.40. The molecule has 0 spiro atoms. The fourth-order valence-corrected chi connectivity index (χ4v) is 4.56. The minimum Gasteiger partial charge on any atom is -0.388 e. The summed E-state index contributed by atoms with van der Waals surface area (Å²) >= 11 is 0. The lowest BCUT2D eigenvalue weighted by molar-refractivity contribution is -0.138. The lowest BCUT2D eigenvalue weighted by Gasteiger charge is -2.50. The Morgan fingerprint density at radius 2 is 0.821 bits per heavy atom. The van der Waals surface area contributed by atoms with Crippen molar-refractivity contribution in [2.45, 2.75) is 107 Å². The van der Waals surface area contributed by atoms with E-state index < -0.39 is 11.2 Å². The van der Waals surface area contributed by atoms with Crippen LogP contribution in [0, 0.1) is 21.7 Å². The van der Waals surface area contributed by atoms with Crippen molar-refractivity contribution in [1.82, 2.24) is 4.98 Å². The third-order valence-electron chi connectivity index (χ3n) is 6.70. The predicted molar refractivity (Wildman–Crippen MR) is 119 cm³/mol. The van der Waals surface area contributed by atoms with Gasteiger partial charge in [-0.1, -0.05) is 89.2 Å². The third kappa shape index (κ3) is 4.79. The van der Waals surface area contributed by atoms with E-state index in [1.54, 1.807) is 0 Å². The first-order valence-corrected chi connectivity index (χ1v) is 10.6. The summed E-state index contributed by atoms with van der Waals surface area (Å²) in [5.74, 6) is 0. The Morgan fingerprint density at radius 1 is 0.571 bits per heavy atom. The Labute approximate surface area is 174 Å². The molecule has 1 rings (SSSR count). The molecule has 0 saturated heterocycles. The summed E-state index contributed by atoms with van der Waals surface area (Å²) in [4.78, 5) is 4.88. The van der Waals surface area contributed by atoms with Gasteiger partial charge in [-0.05, 0) is 33.8 Å². The summed E-state index contributed by atoms with van der Waals surface area (Å²) in [6.45, 7) is 25.0. The van der Waals surface area contributed by atoms with Crippen molar-refractivity contribution in [2.24, 2.45) is 21.7 Å². The monoisotopic (exact) mass is 391 g/mol. The molecule has 28 heavy (non-hydrogen) atoms. The van der Waals surface area contributed by atoms with Gasteiger partial charge in [-0.15, -0.1) is 0 Å². The number of aliphatic hydroxyl groups is 2. The van der Waals surface area contributed by atoms with Gasteiger partial charge in [0.1, 0.15) is 0 Å². The van der Waals surface area contributed by atoms with Crippen LogP contribution < -0.4 is 0 Å². The van der Waals surface area contributed by atoms with Crippen LogP contribution in [-0.4, -0.2) is 26.4 Å². The van der Waals surface area contributed by atoms with Crippen molar-refractivity contribution in [3.63, 3.8) is 0 Å².